The first-order valence-electron chi connectivity index (χ1n) is 9.08. The molecule has 0 aromatic heterocycles. The van der Waals surface area contributed by atoms with Crippen LogP contribution in [0.15, 0.2) is 64.8 Å². The first kappa shape index (κ1) is 18.3. The van der Waals surface area contributed by atoms with Crippen LogP contribution in [0.1, 0.15) is 12.0 Å². The molecule has 2 heterocycles. The molecule has 0 bridgehead atoms. The van der Waals surface area contributed by atoms with Crippen molar-refractivity contribution in [3.8, 4) is 5.75 Å². The van der Waals surface area contributed by atoms with E-state index >= 15 is 0 Å². The van der Waals surface area contributed by atoms with Crippen LogP contribution in [0, 0.1) is 0 Å². The van der Waals surface area contributed by atoms with E-state index in [2.05, 4.69) is 15.5 Å². The van der Waals surface area contributed by atoms with Gasteiger partial charge in [0.1, 0.15) is 29.1 Å². The molecule has 0 radical (unpaired) electrons. The summed E-state index contributed by atoms with van der Waals surface area (Å²) in [7, 11) is 1.88. The SMILES string of the molecule is CN1C(=S)[C@@H](NC(=O)C2=NN=C(Cc3ccccc3)C2)COc2ccccc21. The fraction of sp³-hybridized carbons (Fsp3) is 0.238. The Hall–Kier alpha value is -3.06. The third-order valence-corrected chi connectivity index (χ3v) is 5.32. The van der Waals surface area contributed by atoms with Crippen molar-refractivity contribution >= 4 is 40.2 Å². The smallest absolute Gasteiger partial charge is 0.268 e. The molecule has 0 unspecified atom stereocenters. The lowest BCUT2D eigenvalue weighted by molar-refractivity contribution is -0.115. The summed E-state index contributed by atoms with van der Waals surface area (Å²) in [5, 5.41) is 11.2. The van der Waals surface area contributed by atoms with Crippen LogP contribution in [0.2, 0.25) is 0 Å². The Morgan fingerprint density at radius 1 is 1.18 bits per heavy atom. The zero-order chi connectivity index (χ0) is 19.5. The summed E-state index contributed by atoms with van der Waals surface area (Å²) < 4.78 is 5.85. The molecular weight excluding hydrogens is 372 g/mol. The highest BCUT2D eigenvalue weighted by Crippen LogP contribution is 2.30. The zero-order valence-electron chi connectivity index (χ0n) is 15.5. The molecule has 0 fully saturated rings. The fourth-order valence-corrected chi connectivity index (χ4v) is 3.47. The molecule has 28 heavy (non-hydrogen) atoms. The van der Waals surface area contributed by atoms with Gasteiger partial charge in [-0.25, -0.2) is 0 Å². The van der Waals surface area contributed by atoms with Crippen LogP contribution in [-0.4, -0.2) is 42.0 Å². The van der Waals surface area contributed by atoms with Gasteiger partial charge in [-0.15, -0.1) is 5.10 Å². The maximum atomic E-state index is 12.7. The highest BCUT2D eigenvalue weighted by molar-refractivity contribution is 7.80. The number of amides is 1. The van der Waals surface area contributed by atoms with E-state index in [9.17, 15) is 4.79 Å². The van der Waals surface area contributed by atoms with E-state index < -0.39 is 6.04 Å². The molecule has 7 heteroatoms. The third-order valence-electron chi connectivity index (χ3n) is 4.76. The number of carbonyl (C=O) groups excluding carboxylic acids is 1. The molecule has 0 saturated carbocycles. The number of rotatable bonds is 4. The average molecular weight is 392 g/mol. The first-order chi connectivity index (χ1) is 13.6. The maximum Gasteiger partial charge on any atom is 0.268 e. The van der Waals surface area contributed by atoms with Crippen LogP contribution in [0.5, 0.6) is 5.75 Å². The maximum absolute atomic E-state index is 12.7. The summed E-state index contributed by atoms with van der Waals surface area (Å²) in [4.78, 5) is 15.2. The Morgan fingerprint density at radius 2 is 1.93 bits per heavy atom. The second-order valence-electron chi connectivity index (χ2n) is 6.75. The van der Waals surface area contributed by atoms with Crippen molar-refractivity contribution in [2.75, 3.05) is 18.6 Å². The van der Waals surface area contributed by atoms with Gasteiger partial charge < -0.3 is 15.0 Å². The topological polar surface area (TPSA) is 66.3 Å². The number of nitrogens with zero attached hydrogens (tertiary/aromatic N) is 3. The van der Waals surface area contributed by atoms with Gasteiger partial charge in [0.25, 0.3) is 5.91 Å². The lowest BCUT2D eigenvalue weighted by Gasteiger charge is -2.23. The van der Waals surface area contributed by atoms with Gasteiger partial charge in [0, 0.05) is 19.9 Å². The molecule has 4 rings (SSSR count). The van der Waals surface area contributed by atoms with Crippen molar-refractivity contribution < 1.29 is 9.53 Å². The molecule has 2 aliphatic rings. The normalized spacial score (nSPS) is 18.5. The van der Waals surface area contributed by atoms with Gasteiger partial charge in [-0.3, -0.25) is 4.79 Å². The van der Waals surface area contributed by atoms with E-state index in [1.54, 1.807) is 0 Å². The summed E-state index contributed by atoms with van der Waals surface area (Å²) in [6.07, 6.45) is 1.13. The van der Waals surface area contributed by atoms with Crippen LogP contribution in [0.4, 0.5) is 5.69 Å². The molecule has 0 saturated heterocycles. The minimum Gasteiger partial charge on any atom is -0.489 e. The number of nitrogens with one attached hydrogen (secondary N) is 1. The number of hydrogen-bond donors (Lipinski definition) is 1. The molecule has 0 aliphatic carbocycles. The number of carbonyl (C=O) groups is 1. The van der Waals surface area contributed by atoms with Gasteiger partial charge in [0.05, 0.1) is 11.4 Å². The van der Waals surface area contributed by atoms with E-state index in [4.69, 9.17) is 17.0 Å². The number of thiocarbonyl (C=S) groups is 1. The molecule has 1 atom stereocenters. The highest BCUT2D eigenvalue weighted by Gasteiger charge is 2.29. The molecule has 2 aliphatic heterocycles. The molecule has 142 valence electrons. The summed E-state index contributed by atoms with van der Waals surface area (Å²) in [6, 6.07) is 17.3. The average Bonchev–Trinajstić information content (AvgIpc) is 3.15. The molecule has 6 nitrogen and oxygen atoms in total. The van der Waals surface area contributed by atoms with Gasteiger partial charge in [0.2, 0.25) is 0 Å². The molecule has 1 N–H and O–H groups in total. The largest absolute Gasteiger partial charge is 0.489 e. The van der Waals surface area contributed by atoms with Gasteiger partial charge >= 0.3 is 0 Å². The second-order valence-corrected chi connectivity index (χ2v) is 7.17. The number of hydrogen-bond acceptors (Lipinski definition) is 5. The summed E-state index contributed by atoms with van der Waals surface area (Å²) >= 11 is 5.58. The predicted molar refractivity (Wildman–Crippen MR) is 115 cm³/mol. The van der Waals surface area contributed by atoms with E-state index in [-0.39, 0.29) is 12.5 Å². The predicted octanol–water partition coefficient (Wildman–Crippen LogP) is 2.77. The van der Waals surface area contributed by atoms with Gasteiger partial charge in [-0.05, 0) is 17.7 Å². The summed E-state index contributed by atoms with van der Waals surface area (Å²) in [5.41, 5.74) is 3.31. The lowest BCUT2D eigenvalue weighted by Crippen LogP contribution is -2.50. The molecule has 2 aromatic carbocycles. The van der Waals surface area contributed by atoms with Crippen LogP contribution in [-0.2, 0) is 11.2 Å². The Labute approximate surface area is 168 Å². The van der Waals surface area contributed by atoms with Crippen LogP contribution in [0.3, 0.4) is 0 Å². The quantitative estimate of drug-likeness (QED) is 0.813. The van der Waals surface area contributed by atoms with Crippen molar-refractivity contribution in [3.63, 3.8) is 0 Å². The molecule has 1 amide bonds. The second kappa shape index (κ2) is 7.90. The minimum atomic E-state index is -0.416. The third kappa shape index (κ3) is 3.80. The van der Waals surface area contributed by atoms with Crippen LogP contribution >= 0.6 is 12.2 Å². The number of fused-ring (bicyclic) bond motifs is 1. The monoisotopic (exact) mass is 392 g/mol. The molecule has 0 spiro atoms. The van der Waals surface area contributed by atoms with E-state index in [1.807, 2.05) is 66.5 Å². The summed E-state index contributed by atoms with van der Waals surface area (Å²) in [5.74, 6) is 0.484. The van der Waals surface area contributed by atoms with Gasteiger partial charge in [-0.1, -0.05) is 54.7 Å². The fourth-order valence-electron chi connectivity index (χ4n) is 3.25. The molecular formula is C21H20N4O2S. The Kier molecular flexibility index (Phi) is 5.16. The number of likely N-dealkylation sites (N-methyl/N-ethyl adjacent to an activating group) is 1. The van der Waals surface area contributed by atoms with E-state index in [0.29, 0.717) is 23.5 Å². The van der Waals surface area contributed by atoms with Crippen LogP contribution in [0.25, 0.3) is 0 Å². The number of benzene rings is 2. The Bertz CT molecular complexity index is 971. The zero-order valence-corrected chi connectivity index (χ0v) is 16.3. The molecule has 2 aromatic rings. The Morgan fingerprint density at radius 3 is 2.75 bits per heavy atom. The van der Waals surface area contributed by atoms with Gasteiger partial charge in [-0.2, -0.15) is 5.10 Å². The van der Waals surface area contributed by atoms with E-state index in [1.165, 1.54) is 0 Å². The van der Waals surface area contributed by atoms with Crippen LogP contribution < -0.4 is 15.0 Å². The standard InChI is InChI=1S/C21H20N4O2S/c1-25-18-9-5-6-10-19(18)27-13-17(21(25)28)22-20(26)16-12-15(23-24-16)11-14-7-3-2-4-8-14/h2-10,17H,11-13H2,1H3,(H,22,26)/t17-/m0/s1. The first-order valence-corrected chi connectivity index (χ1v) is 9.49. The number of para-hydroxylation sites is 2. The highest BCUT2D eigenvalue weighted by atomic mass is 32.1. The van der Waals surface area contributed by atoms with Crippen molar-refractivity contribution in [2.45, 2.75) is 18.9 Å². The van der Waals surface area contributed by atoms with Crippen molar-refractivity contribution in [2.24, 2.45) is 10.2 Å². The van der Waals surface area contributed by atoms with Gasteiger partial charge in [0.15, 0.2) is 0 Å². The minimum absolute atomic E-state index is 0.262. The van der Waals surface area contributed by atoms with Crippen molar-refractivity contribution in [1.29, 1.82) is 0 Å². The number of ether oxygens (including phenoxy) is 1. The lowest BCUT2D eigenvalue weighted by atomic mass is 10.0. The number of anilines is 1. The van der Waals surface area contributed by atoms with Crippen molar-refractivity contribution in [3.05, 3.63) is 60.2 Å². The van der Waals surface area contributed by atoms with E-state index in [0.717, 1.165) is 22.7 Å². The van der Waals surface area contributed by atoms with Crippen molar-refractivity contribution in [1.82, 2.24) is 5.32 Å². The summed E-state index contributed by atoms with van der Waals surface area (Å²) in [6.45, 7) is 0.275. The Balaban J connectivity index is 1.38.